The van der Waals surface area contributed by atoms with E-state index in [0.717, 1.165) is 22.5 Å². The summed E-state index contributed by atoms with van der Waals surface area (Å²) in [6.07, 6.45) is 4.06. The van der Waals surface area contributed by atoms with Gasteiger partial charge in [0.1, 0.15) is 5.65 Å². The van der Waals surface area contributed by atoms with E-state index < -0.39 is 0 Å². The molecular formula is C16H14ClN3O. The molecule has 0 aliphatic heterocycles. The molecule has 0 radical (unpaired) electrons. The number of hydrogen-bond acceptors (Lipinski definition) is 2. The molecule has 0 aliphatic carbocycles. The summed E-state index contributed by atoms with van der Waals surface area (Å²) in [6, 6.07) is 11.5. The Morgan fingerprint density at radius 2 is 2.10 bits per heavy atom. The van der Waals surface area contributed by atoms with Crippen LogP contribution >= 0.6 is 11.6 Å². The topological polar surface area (TPSA) is 46.4 Å². The van der Waals surface area contributed by atoms with Crippen molar-refractivity contribution in [2.24, 2.45) is 0 Å². The first-order valence-electron chi connectivity index (χ1n) is 6.60. The van der Waals surface area contributed by atoms with Crippen LogP contribution in [0, 0.1) is 0 Å². The number of carbonyl (C=O) groups excluding carboxylic acids is 1. The summed E-state index contributed by atoms with van der Waals surface area (Å²) < 4.78 is 1.96. The SMILES string of the molecule is CNC(=O)Cc1ccc2ncc(-c3ccccc3Cl)n2c1. The fraction of sp³-hybridized carbons (Fsp3) is 0.125. The van der Waals surface area contributed by atoms with Crippen LogP contribution in [0.4, 0.5) is 0 Å². The molecule has 0 atom stereocenters. The Kier molecular flexibility index (Phi) is 3.62. The second kappa shape index (κ2) is 5.58. The molecule has 1 aromatic carbocycles. The number of halogens is 1. The van der Waals surface area contributed by atoms with E-state index in [1.807, 2.05) is 47.0 Å². The van der Waals surface area contributed by atoms with Gasteiger partial charge in [-0.15, -0.1) is 0 Å². The van der Waals surface area contributed by atoms with Gasteiger partial charge >= 0.3 is 0 Å². The number of benzene rings is 1. The maximum atomic E-state index is 11.5. The number of likely N-dealkylation sites (N-methyl/N-ethyl adjacent to an activating group) is 1. The smallest absolute Gasteiger partial charge is 0.224 e. The van der Waals surface area contributed by atoms with Gasteiger partial charge in [0.25, 0.3) is 0 Å². The highest BCUT2D eigenvalue weighted by molar-refractivity contribution is 6.33. The van der Waals surface area contributed by atoms with E-state index in [1.54, 1.807) is 13.2 Å². The monoisotopic (exact) mass is 299 g/mol. The summed E-state index contributed by atoms with van der Waals surface area (Å²) in [5.41, 5.74) is 3.58. The van der Waals surface area contributed by atoms with Crippen LogP contribution in [0.15, 0.2) is 48.8 Å². The molecule has 4 nitrogen and oxygen atoms in total. The molecule has 0 saturated heterocycles. The molecule has 1 amide bonds. The zero-order chi connectivity index (χ0) is 14.8. The van der Waals surface area contributed by atoms with E-state index in [2.05, 4.69) is 10.3 Å². The summed E-state index contributed by atoms with van der Waals surface area (Å²) >= 11 is 6.26. The van der Waals surface area contributed by atoms with Gasteiger partial charge in [-0.25, -0.2) is 4.98 Å². The standard InChI is InChI=1S/C16H14ClN3O/c1-18-16(21)8-11-6-7-15-19-9-14(20(15)10-11)12-4-2-3-5-13(12)17/h2-7,9-10H,8H2,1H3,(H,18,21). The lowest BCUT2D eigenvalue weighted by atomic mass is 10.1. The highest BCUT2D eigenvalue weighted by Crippen LogP contribution is 2.28. The molecule has 0 aliphatic rings. The maximum Gasteiger partial charge on any atom is 0.224 e. The Bertz CT molecular complexity index is 810. The van der Waals surface area contributed by atoms with Crippen molar-refractivity contribution in [3.8, 4) is 11.3 Å². The molecular weight excluding hydrogens is 286 g/mol. The highest BCUT2D eigenvalue weighted by atomic mass is 35.5. The normalized spacial score (nSPS) is 10.8. The first-order chi connectivity index (χ1) is 10.2. The van der Waals surface area contributed by atoms with Gasteiger partial charge in [0.2, 0.25) is 5.91 Å². The molecule has 2 aromatic heterocycles. The average Bonchev–Trinajstić information content (AvgIpc) is 2.90. The van der Waals surface area contributed by atoms with Gasteiger partial charge in [0.15, 0.2) is 0 Å². The predicted molar refractivity (Wildman–Crippen MR) is 83.4 cm³/mol. The van der Waals surface area contributed by atoms with Gasteiger partial charge in [-0.1, -0.05) is 35.9 Å². The number of carbonyl (C=O) groups is 1. The van der Waals surface area contributed by atoms with Crippen molar-refractivity contribution in [1.82, 2.24) is 14.7 Å². The van der Waals surface area contributed by atoms with Crippen molar-refractivity contribution < 1.29 is 4.79 Å². The first kappa shape index (κ1) is 13.6. The van der Waals surface area contributed by atoms with Crippen LogP contribution in [0.5, 0.6) is 0 Å². The van der Waals surface area contributed by atoms with E-state index in [1.165, 1.54) is 0 Å². The Labute approximate surface area is 127 Å². The number of nitrogens with zero attached hydrogens (tertiary/aromatic N) is 2. The van der Waals surface area contributed by atoms with Crippen LogP contribution in [-0.4, -0.2) is 22.3 Å². The van der Waals surface area contributed by atoms with Crippen molar-refractivity contribution in [3.05, 3.63) is 59.4 Å². The van der Waals surface area contributed by atoms with Crippen LogP contribution < -0.4 is 5.32 Å². The van der Waals surface area contributed by atoms with Crippen molar-refractivity contribution in [2.75, 3.05) is 7.05 Å². The summed E-state index contributed by atoms with van der Waals surface area (Å²) in [5, 5.41) is 3.30. The molecule has 0 fully saturated rings. The number of aromatic nitrogens is 2. The Morgan fingerprint density at radius 1 is 1.29 bits per heavy atom. The first-order valence-corrected chi connectivity index (χ1v) is 6.98. The number of amides is 1. The summed E-state index contributed by atoms with van der Waals surface area (Å²) in [6.45, 7) is 0. The highest BCUT2D eigenvalue weighted by Gasteiger charge is 2.10. The number of hydrogen-bond donors (Lipinski definition) is 1. The third kappa shape index (κ3) is 2.62. The second-order valence-corrected chi connectivity index (χ2v) is 5.15. The van der Waals surface area contributed by atoms with Crippen molar-refractivity contribution >= 4 is 23.2 Å². The minimum atomic E-state index is -0.0197. The van der Waals surface area contributed by atoms with Crippen molar-refractivity contribution in [2.45, 2.75) is 6.42 Å². The number of fused-ring (bicyclic) bond motifs is 1. The van der Waals surface area contributed by atoms with Gasteiger partial charge in [-0.05, 0) is 17.7 Å². The maximum absolute atomic E-state index is 11.5. The van der Waals surface area contributed by atoms with E-state index in [-0.39, 0.29) is 5.91 Å². The van der Waals surface area contributed by atoms with Crippen molar-refractivity contribution in [3.63, 3.8) is 0 Å². The van der Waals surface area contributed by atoms with Crippen molar-refractivity contribution in [1.29, 1.82) is 0 Å². The molecule has 1 N–H and O–H groups in total. The zero-order valence-electron chi connectivity index (χ0n) is 11.5. The number of imidazole rings is 1. The molecule has 2 heterocycles. The van der Waals surface area contributed by atoms with E-state index >= 15 is 0 Å². The van der Waals surface area contributed by atoms with Gasteiger partial charge in [0.05, 0.1) is 18.3 Å². The molecule has 106 valence electrons. The van der Waals surface area contributed by atoms with Gasteiger partial charge in [-0.3, -0.25) is 9.20 Å². The predicted octanol–water partition coefficient (Wildman–Crippen LogP) is 2.94. The van der Waals surface area contributed by atoms with Crippen LogP contribution in [0.3, 0.4) is 0 Å². The Morgan fingerprint density at radius 3 is 2.86 bits per heavy atom. The molecule has 0 spiro atoms. The van der Waals surface area contributed by atoms with Crippen LogP contribution in [0.2, 0.25) is 5.02 Å². The van der Waals surface area contributed by atoms with Crippen LogP contribution in [0.25, 0.3) is 16.9 Å². The number of nitrogens with one attached hydrogen (secondary N) is 1. The third-order valence-corrected chi connectivity index (χ3v) is 3.69. The van der Waals surface area contributed by atoms with Gasteiger partial charge in [0, 0.05) is 23.8 Å². The van der Waals surface area contributed by atoms with Gasteiger partial charge < -0.3 is 5.32 Å². The van der Waals surface area contributed by atoms with E-state index in [0.29, 0.717) is 11.4 Å². The van der Waals surface area contributed by atoms with E-state index in [4.69, 9.17) is 11.6 Å². The largest absolute Gasteiger partial charge is 0.359 e. The fourth-order valence-electron chi connectivity index (χ4n) is 2.27. The van der Waals surface area contributed by atoms with E-state index in [9.17, 15) is 4.79 Å². The molecule has 0 bridgehead atoms. The molecule has 5 heteroatoms. The second-order valence-electron chi connectivity index (χ2n) is 4.74. The quantitative estimate of drug-likeness (QED) is 0.808. The minimum absolute atomic E-state index is 0.0197. The lowest BCUT2D eigenvalue weighted by molar-refractivity contribution is -0.119. The lowest BCUT2D eigenvalue weighted by Crippen LogP contribution is -2.20. The molecule has 21 heavy (non-hydrogen) atoms. The summed E-state index contributed by atoms with van der Waals surface area (Å²) in [4.78, 5) is 15.9. The third-order valence-electron chi connectivity index (χ3n) is 3.36. The minimum Gasteiger partial charge on any atom is -0.359 e. The molecule has 3 aromatic rings. The average molecular weight is 300 g/mol. The lowest BCUT2D eigenvalue weighted by Gasteiger charge is -2.06. The Hall–Kier alpha value is -2.33. The summed E-state index contributed by atoms with van der Waals surface area (Å²) in [5.74, 6) is -0.0197. The zero-order valence-corrected chi connectivity index (χ0v) is 12.3. The molecule has 3 rings (SSSR count). The summed E-state index contributed by atoms with van der Waals surface area (Å²) in [7, 11) is 1.63. The van der Waals surface area contributed by atoms with Crippen LogP contribution in [0.1, 0.15) is 5.56 Å². The van der Waals surface area contributed by atoms with Gasteiger partial charge in [-0.2, -0.15) is 0 Å². The number of rotatable bonds is 3. The molecule has 0 saturated carbocycles. The number of pyridine rings is 1. The Balaban J connectivity index is 2.10. The molecule has 0 unspecified atom stereocenters. The van der Waals surface area contributed by atoms with Crippen LogP contribution in [-0.2, 0) is 11.2 Å². The fourth-order valence-corrected chi connectivity index (χ4v) is 2.50.